The predicted octanol–water partition coefficient (Wildman–Crippen LogP) is 2.04. The first-order valence-corrected chi connectivity index (χ1v) is 6.11. The lowest BCUT2D eigenvalue weighted by Gasteiger charge is -2.19. The van der Waals surface area contributed by atoms with Crippen LogP contribution in [0.15, 0.2) is 35.1 Å². The van der Waals surface area contributed by atoms with Crippen molar-refractivity contribution in [2.45, 2.75) is 0 Å². The van der Waals surface area contributed by atoms with Crippen LogP contribution in [0.5, 0.6) is 0 Å². The fourth-order valence-corrected chi connectivity index (χ4v) is 2.25. The van der Waals surface area contributed by atoms with Crippen LogP contribution >= 0.6 is 15.9 Å². The molecule has 0 saturated heterocycles. The molecule has 1 aromatic heterocycles. The molecule has 94 valence electrons. The molecule has 0 aliphatic heterocycles. The van der Waals surface area contributed by atoms with E-state index in [-0.39, 0.29) is 11.7 Å². The number of nitrogens with two attached hydrogens (primary N) is 1. The Morgan fingerprint density at radius 2 is 2.11 bits per heavy atom. The Balaban J connectivity index is 2.39. The quantitative estimate of drug-likeness (QED) is 0.923. The fourth-order valence-electron chi connectivity index (χ4n) is 1.70. The van der Waals surface area contributed by atoms with Crippen LogP contribution in [-0.4, -0.2) is 22.5 Å². The van der Waals surface area contributed by atoms with Gasteiger partial charge in [-0.25, -0.2) is 4.98 Å². The molecule has 0 saturated carbocycles. The molecule has 0 aliphatic carbocycles. The summed E-state index contributed by atoms with van der Waals surface area (Å²) in [6, 6.07) is 7.50. The number of amides is 1. The summed E-state index contributed by atoms with van der Waals surface area (Å²) in [4.78, 5) is 17.8. The van der Waals surface area contributed by atoms with Gasteiger partial charge in [-0.2, -0.15) is 0 Å². The Kier molecular flexibility index (Phi) is 3.38. The molecule has 0 bridgehead atoms. The average molecular weight is 309 g/mol. The van der Waals surface area contributed by atoms with Gasteiger partial charge in [0.05, 0.1) is 12.0 Å². The van der Waals surface area contributed by atoms with Crippen LogP contribution in [0, 0.1) is 0 Å². The zero-order chi connectivity index (χ0) is 13.3. The number of aryl methyl sites for hydroxylation is 1. The highest BCUT2D eigenvalue weighted by atomic mass is 79.9. The number of benzene rings is 1. The number of nitrogens with zero attached hydrogens (tertiary/aromatic N) is 3. The van der Waals surface area contributed by atoms with Crippen molar-refractivity contribution in [1.82, 2.24) is 9.55 Å². The van der Waals surface area contributed by atoms with E-state index in [2.05, 4.69) is 20.9 Å². The van der Waals surface area contributed by atoms with Crippen molar-refractivity contribution in [3.05, 3.63) is 40.8 Å². The summed E-state index contributed by atoms with van der Waals surface area (Å²) in [7, 11) is 3.44. The Hall–Kier alpha value is -1.82. The van der Waals surface area contributed by atoms with E-state index in [9.17, 15) is 4.79 Å². The van der Waals surface area contributed by atoms with Crippen LogP contribution in [-0.2, 0) is 7.05 Å². The number of rotatable bonds is 2. The number of aromatic nitrogens is 2. The van der Waals surface area contributed by atoms with E-state index >= 15 is 0 Å². The van der Waals surface area contributed by atoms with Gasteiger partial charge < -0.3 is 15.2 Å². The van der Waals surface area contributed by atoms with E-state index in [0.717, 1.165) is 10.2 Å². The summed E-state index contributed by atoms with van der Waals surface area (Å²) in [6.07, 6.45) is 1.52. The second kappa shape index (κ2) is 4.81. The molecule has 18 heavy (non-hydrogen) atoms. The minimum atomic E-state index is -0.195. The zero-order valence-electron chi connectivity index (χ0n) is 10.1. The maximum atomic E-state index is 12.4. The van der Waals surface area contributed by atoms with Gasteiger partial charge >= 0.3 is 0 Å². The van der Waals surface area contributed by atoms with Crippen LogP contribution < -0.4 is 10.6 Å². The van der Waals surface area contributed by atoms with Gasteiger partial charge in [-0.3, -0.25) is 4.79 Å². The Bertz CT molecular complexity index is 574. The minimum Gasteiger partial charge on any atom is -0.382 e. The zero-order valence-corrected chi connectivity index (χ0v) is 11.7. The third-order valence-electron chi connectivity index (χ3n) is 2.69. The molecule has 0 unspecified atom stereocenters. The van der Waals surface area contributed by atoms with Gasteiger partial charge in [0.2, 0.25) is 0 Å². The largest absolute Gasteiger partial charge is 0.382 e. The molecular weight excluding hydrogens is 296 g/mol. The van der Waals surface area contributed by atoms with Crippen molar-refractivity contribution in [3.63, 3.8) is 0 Å². The highest BCUT2D eigenvalue weighted by Gasteiger charge is 2.21. The first kappa shape index (κ1) is 12.6. The minimum absolute atomic E-state index is 0.195. The highest BCUT2D eigenvalue weighted by molar-refractivity contribution is 9.10. The summed E-state index contributed by atoms with van der Waals surface area (Å²) in [6.45, 7) is 0. The normalized spacial score (nSPS) is 10.4. The summed E-state index contributed by atoms with van der Waals surface area (Å²) < 4.78 is 2.46. The summed E-state index contributed by atoms with van der Waals surface area (Å²) in [5.41, 5.74) is 6.87. The van der Waals surface area contributed by atoms with E-state index < -0.39 is 0 Å². The number of hydrogen-bond donors (Lipinski definition) is 1. The maximum absolute atomic E-state index is 12.4. The van der Waals surface area contributed by atoms with Crippen molar-refractivity contribution in [2.75, 3.05) is 17.7 Å². The molecule has 5 nitrogen and oxygen atoms in total. The van der Waals surface area contributed by atoms with Crippen molar-refractivity contribution in [3.8, 4) is 0 Å². The van der Waals surface area contributed by atoms with Crippen LogP contribution in [0.2, 0.25) is 0 Å². The third-order valence-corrected chi connectivity index (χ3v) is 3.36. The Morgan fingerprint density at radius 3 is 2.67 bits per heavy atom. The first-order valence-electron chi connectivity index (χ1n) is 5.31. The van der Waals surface area contributed by atoms with E-state index in [4.69, 9.17) is 5.73 Å². The number of carbonyl (C=O) groups is 1. The molecule has 1 aromatic carbocycles. The number of para-hydroxylation sites is 1. The average Bonchev–Trinajstić information content (AvgIpc) is 2.68. The van der Waals surface area contributed by atoms with Gasteiger partial charge in [0.15, 0.2) is 11.5 Å². The van der Waals surface area contributed by atoms with E-state index in [1.807, 2.05) is 24.3 Å². The molecule has 2 N–H and O–H groups in total. The van der Waals surface area contributed by atoms with Crippen LogP contribution in [0.3, 0.4) is 0 Å². The lowest BCUT2D eigenvalue weighted by Crippen LogP contribution is -2.29. The van der Waals surface area contributed by atoms with Crippen molar-refractivity contribution in [2.24, 2.45) is 7.05 Å². The molecule has 1 heterocycles. The molecule has 0 aliphatic rings. The molecule has 6 heteroatoms. The van der Waals surface area contributed by atoms with Gasteiger partial charge in [-0.05, 0) is 28.1 Å². The van der Waals surface area contributed by atoms with Crippen LogP contribution in [0.1, 0.15) is 10.5 Å². The van der Waals surface area contributed by atoms with E-state index in [1.54, 1.807) is 18.7 Å². The van der Waals surface area contributed by atoms with Gasteiger partial charge in [0.1, 0.15) is 0 Å². The van der Waals surface area contributed by atoms with Gasteiger partial charge in [0.25, 0.3) is 5.91 Å². The van der Waals surface area contributed by atoms with Crippen LogP contribution in [0.25, 0.3) is 0 Å². The predicted molar refractivity (Wildman–Crippen MR) is 74.5 cm³/mol. The standard InChI is InChI=1S/C12H13BrN4O/c1-16-7-15-11(14)10(16)12(18)17(2)9-6-4-3-5-8(9)13/h3-7H,14H2,1-2H3. The van der Waals surface area contributed by atoms with E-state index in [1.165, 1.54) is 11.2 Å². The number of halogens is 1. The first-order chi connectivity index (χ1) is 8.52. The summed E-state index contributed by atoms with van der Waals surface area (Å²) >= 11 is 3.42. The summed E-state index contributed by atoms with van der Waals surface area (Å²) in [5.74, 6) is 0.0424. The smallest absolute Gasteiger partial charge is 0.278 e. The van der Waals surface area contributed by atoms with Crippen molar-refractivity contribution >= 4 is 33.3 Å². The highest BCUT2D eigenvalue weighted by Crippen LogP contribution is 2.26. The number of imidazole rings is 1. The molecule has 1 amide bonds. The monoisotopic (exact) mass is 308 g/mol. The van der Waals surface area contributed by atoms with Gasteiger partial charge in [-0.15, -0.1) is 0 Å². The fraction of sp³-hybridized carbons (Fsp3) is 0.167. The molecule has 2 rings (SSSR count). The Morgan fingerprint density at radius 1 is 1.44 bits per heavy atom. The molecule has 0 radical (unpaired) electrons. The molecule has 0 spiro atoms. The van der Waals surface area contributed by atoms with Gasteiger partial charge in [-0.1, -0.05) is 12.1 Å². The molecule has 0 atom stereocenters. The number of anilines is 2. The molecule has 2 aromatic rings. The lowest BCUT2D eigenvalue weighted by atomic mass is 10.2. The molecule has 0 fully saturated rings. The lowest BCUT2D eigenvalue weighted by molar-refractivity contribution is 0.0986. The topological polar surface area (TPSA) is 64.2 Å². The maximum Gasteiger partial charge on any atom is 0.278 e. The third kappa shape index (κ3) is 2.11. The molecular formula is C12H13BrN4O. The van der Waals surface area contributed by atoms with Gasteiger partial charge in [0, 0.05) is 18.6 Å². The Labute approximate surface area is 113 Å². The second-order valence-corrected chi connectivity index (χ2v) is 4.76. The number of hydrogen-bond acceptors (Lipinski definition) is 3. The second-order valence-electron chi connectivity index (χ2n) is 3.90. The van der Waals surface area contributed by atoms with Crippen molar-refractivity contribution in [1.29, 1.82) is 0 Å². The number of carbonyl (C=O) groups excluding carboxylic acids is 1. The SMILES string of the molecule is CN(C(=O)c1c(N)ncn1C)c1ccccc1Br. The van der Waals surface area contributed by atoms with Crippen molar-refractivity contribution < 1.29 is 4.79 Å². The van der Waals surface area contributed by atoms with E-state index in [0.29, 0.717) is 5.69 Å². The number of nitrogen functional groups attached to an aromatic ring is 1. The summed E-state index contributed by atoms with van der Waals surface area (Å²) in [5, 5.41) is 0. The van der Waals surface area contributed by atoms with Crippen LogP contribution in [0.4, 0.5) is 11.5 Å².